The van der Waals surface area contributed by atoms with Crippen LogP contribution in [0.2, 0.25) is 0 Å². The van der Waals surface area contributed by atoms with Gasteiger partial charge in [0.1, 0.15) is 12.4 Å². The van der Waals surface area contributed by atoms with Crippen molar-refractivity contribution in [1.29, 1.82) is 0 Å². The molecule has 2 N–H and O–H groups in total. The Kier molecular flexibility index (Phi) is 6.52. The molecule has 1 aliphatic rings. The number of hydrogen-bond acceptors (Lipinski definition) is 3. The summed E-state index contributed by atoms with van der Waals surface area (Å²) < 4.78 is 5.69. The maximum Gasteiger partial charge on any atom is 0.314 e. The lowest BCUT2D eigenvalue weighted by atomic mass is 10.1. The van der Waals surface area contributed by atoms with E-state index in [1.54, 1.807) is 0 Å². The molecule has 0 fully saturated rings. The first-order valence-corrected chi connectivity index (χ1v) is 8.06. The van der Waals surface area contributed by atoms with Crippen molar-refractivity contribution >= 4 is 6.03 Å². The highest BCUT2D eigenvalue weighted by molar-refractivity contribution is 5.73. The highest BCUT2D eigenvalue weighted by atomic mass is 16.5. The monoisotopic (exact) mass is 305 g/mol. The number of hydrogen-bond donors (Lipinski definition) is 2. The van der Waals surface area contributed by atoms with Crippen LogP contribution in [0.1, 0.15) is 24.0 Å². The maximum absolute atomic E-state index is 11.6. The predicted octanol–water partition coefficient (Wildman–Crippen LogP) is 1.81. The molecular weight excluding hydrogens is 278 g/mol. The molecule has 2 amide bonds. The van der Waals surface area contributed by atoms with Gasteiger partial charge in [0.2, 0.25) is 0 Å². The number of rotatable bonds is 8. The largest absolute Gasteiger partial charge is 0.492 e. The number of ether oxygens (including phenoxy) is 1. The molecule has 2 rings (SSSR count). The number of urea groups is 1. The van der Waals surface area contributed by atoms with Crippen LogP contribution in [0.4, 0.5) is 4.79 Å². The number of fused-ring (bicyclic) bond motifs is 1. The van der Waals surface area contributed by atoms with Crippen LogP contribution < -0.4 is 15.4 Å². The second-order valence-corrected chi connectivity index (χ2v) is 5.97. The van der Waals surface area contributed by atoms with E-state index in [0.717, 1.165) is 25.1 Å². The average molecular weight is 305 g/mol. The van der Waals surface area contributed by atoms with Crippen LogP contribution in [-0.2, 0) is 12.8 Å². The van der Waals surface area contributed by atoms with Gasteiger partial charge in [-0.3, -0.25) is 0 Å². The van der Waals surface area contributed by atoms with Crippen molar-refractivity contribution in [3.8, 4) is 5.75 Å². The number of amides is 2. The first kappa shape index (κ1) is 16.6. The minimum atomic E-state index is -0.128. The molecule has 5 heteroatoms. The Morgan fingerprint density at radius 3 is 2.77 bits per heavy atom. The molecule has 0 saturated heterocycles. The van der Waals surface area contributed by atoms with Crippen LogP contribution in [0, 0.1) is 0 Å². The highest BCUT2D eigenvalue weighted by Crippen LogP contribution is 2.25. The zero-order valence-electron chi connectivity index (χ0n) is 13.7. The summed E-state index contributed by atoms with van der Waals surface area (Å²) in [6.07, 6.45) is 4.53. The molecule has 0 bridgehead atoms. The zero-order chi connectivity index (χ0) is 15.8. The van der Waals surface area contributed by atoms with Gasteiger partial charge < -0.3 is 20.3 Å². The van der Waals surface area contributed by atoms with Crippen LogP contribution in [-0.4, -0.2) is 51.3 Å². The van der Waals surface area contributed by atoms with Gasteiger partial charge in [0.05, 0.1) is 6.54 Å². The van der Waals surface area contributed by atoms with Crippen molar-refractivity contribution < 1.29 is 9.53 Å². The van der Waals surface area contributed by atoms with E-state index in [-0.39, 0.29) is 6.03 Å². The Morgan fingerprint density at radius 1 is 1.18 bits per heavy atom. The van der Waals surface area contributed by atoms with Crippen molar-refractivity contribution in [3.05, 3.63) is 29.3 Å². The van der Waals surface area contributed by atoms with E-state index in [1.165, 1.54) is 24.0 Å². The van der Waals surface area contributed by atoms with Crippen molar-refractivity contribution in [1.82, 2.24) is 15.5 Å². The second kappa shape index (κ2) is 8.63. The fraction of sp³-hybridized carbons (Fsp3) is 0.588. The van der Waals surface area contributed by atoms with Gasteiger partial charge >= 0.3 is 6.03 Å². The minimum Gasteiger partial charge on any atom is -0.492 e. The highest BCUT2D eigenvalue weighted by Gasteiger charge is 2.11. The summed E-state index contributed by atoms with van der Waals surface area (Å²) in [5.41, 5.74) is 2.85. The third-order valence-corrected chi connectivity index (χ3v) is 3.79. The molecule has 0 radical (unpaired) electrons. The lowest BCUT2D eigenvalue weighted by Crippen LogP contribution is -2.38. The van der Waals surface area contributed by atoms with Crippen molar-refractivity contribution in [2.45, 2.75) is 25.7 Å². The normalized spacial score (nSPS) is 13.0. The van der Waals surface area contributed by atoms with Crippen LogP contribution >= 0.6 is 0 Å². The van der Waals surface area contributed by atoms with Gasteiger partial charge in [-0.25, -0.2) is 4.79 Å². The van der Waals surface area contributed by atoms with E-state index in [4.69, 9.17) is 4.74 Å². The summed E-state index contributed by atoms with van der Waals surface area (Å²) in [6, 6.07) is 6.17. The number of nitrogens with zero attached hydrogens (tertiary/aromatic N) is 1. The van der Waals surface area contributed by atoms with Crippen LogP contribution in [0.15, 0.2) is 18.2 Å². The van der Waals surface area contributed by atoms with E-state index in [9.17, 15) is 4.79 Å². The van der Waals surface area contributed by atoms with Gasteiger partial charge in [-0.15, -0.1) is 0 Å². The molecule has 5 nitrogen and oxygen atoms in total. The quantitative estimate of drug-likeness (QED) is 0.720. The summed E-state index contributed by atoms with van der Waals surface area (Å²) in [5.74, 6) is 0.897. The number of nitrogens with one attached hydrogen (secondary N) is 2. The summed E-state index contributed by atoms with van der Waals surface area (Å²) >= 11 is 0. The molecule has 0 atom stereocenters. The summed E-state index contributed by atoms with van der Waals surface area (Å²) in [4.78, 5) is 13.7. The Balaban J connectivity index is 1.56. The predicted molar refractivity (Wildman–Crippen MR) is 88.5 cm³/mol. The van der Waals surface area contributed by atoms with Gasteiger partial charge in [-0.1, -0.05) is 6.07 Å². The fourth-order valence-electron chi connectivity index (χ4n) is 2.63. The molecule has 1 aromatic rings. The number of benzene rings is 1. The molecule has 1 aromatic carbocycles. The molecule has 0 aliphatic heterocycles. The lowest BCUT2D eigenvalue weighted by molar-refractivity contribution is 0.236. The van der Waals surface area contributed by atoms with E-state index >= 15 is 0 Å². The molecule has 122 valence electrons. The third-order valence-electron chi connectivity index (χ3n) is 3.79. The Labute approximate surface area is 133 Å². The van der Waals surface area contributed by atoms with E-state index in [2.05, 4.69) is 27.7 Å². The van der Waals surface area contributed by atoms with Gasteiger partial charge in [0.15, 0.2) is 0 Å². The molecule has 0 spiro atoms. The standard InChI is InChI=1S/C17H27N3O2/c1-20(2)11-4-9-18-17(21)19-10-12-22-16-8-7-14-5-3-6-15(14)13-16/h7-8,13H,3-6,9-12H2,1-2H3,(H2,18,19,21). The molecule has 0 aromatic heterocycles. The SMILES string of the molecule is CN(C)CCCNC(=O)NCCOc1ccc2c(c1)CCC2. The van der Waals surface area contributed by atoms with Gasteiger partial charge in [-0.05, 0) is 69.6 Å². The molecule has 1 aliphatic carbocycles. The summed E-state index contributed by atoms with van der Waals surface area (Å²) in [6.45, 7) is 2.66. The Hall–Kier alpha value is -1.75. The van der Waals surface area contributed by atoms with Crippen LogP contribution in [0.5, 0.6) is 5.75 Å². The number of aryl methyl sites for hydroxylation is 2. The van der Waals surface area contributed by atoms with Crippen molar-refractivity contribution in [2.75, 3.05) is 40.3 Å². The minimum absolute atomic E-state index is 0.128. The third kappa shape index (κ3) is 5.56. The molecule has 22 heavy (non-hydrogen) atoms. The van der Waals surface area contributed by atoms with Gasteiger partial charge in [0.25, 0.3) is 0 Å². The topological polar surface area (TPSA) is 53.6 Å². The number of carbonyl (C=O) groups excluding carboxylic acids is 1. The fourth-order valence-corrected chi connectivity index (χ4v) is 2.63. The summed E-state index contributed by atoms with van der Waals surface area (Å²) in [5, 5.41) is 5.64. The zero-order valence-corrected chi connectivity index (χ0v) is 13.7. The average Bonchev–Trinajstić information content (AvgIpc) is 2.95. The Bertz CT molecular complexity index is 489. The summed E-state index contributed by atoms with van der Waals surface area (Å²) in [7, 11) is 4.05. The van der Waals surface area contributed by atoms with E-state index in [1.807, 2.05) is 20.2 Å². The molecular formula is C17H27N3O2. The van der Waals surface area contributed by atoms with Gasteiger partial charge in [-0.2, -0.15) is 0 Å². The lowest BCUT2D eigenvalue weighted by Gasteiger charge is -2.11. The molecule has 0 heterocycles. The van der Waals surface area contributed by atoms with Crippen LogP contribution in [0.3, 0.4) is 0 Å². The first-order chi connectivity index (χ1) is 10.6. The van der Waals surface area contributed by atoms with Crippen LogP contribution in [0.25, 0.3) is 0 Å². The maximum atomic E-state index is 11.6. The first-order valence-electron chi connectivity index (χ1n) is 8.06. The van der Waals surface area contributed by atoms with Gasteiger partial charge in [0, 0.05) is 6.54 Å². The molecule has 0 saturated carbocycles. The van der Waals surface area contributed by atoms with Crippen molar-refractivity contribution in [2.24, 2.45) is 0 Å². The van der Waals surface area contributed by atoms with E-state index in [0.29, 0.717) is 19.7 Å². The Morgan fingerprint density at radius 2 is 1.95 bits per heavy atom. The number of carbonyl (C=O) groups is 1. The smallest absolute Gasteiger partial charge is 0.314 e. The van der Waals surface area contributed by atoms with Crippen molar-refractivity contribution in [3.63, 3.8) is 0 Å². The molecule has 0 unspecified atom stereocenters. The van der Waals surface area contributed by atoms with E-state index < -0.39 is 0 Å². The second-order valence-electron chi connectivity index (χ2n) is 5.97.